The molecule has 0 saturated heterocycles. The summed E-state index contributed by atoms with van der Waals surface area (Å²) in [7, 11) is 0. The fourth-order valence-electron chi connectivity index (χ4n) is 3.01. The third-order valence-corrected chi connectivity index (χ3v) is 5.00. The van der Waals surface area contributed by atoms with E-state index in [1.54, 1.807) is 12.1 Å². The van der Waals surface area contributed by atoms with Gasteiger partial charge in [0.2, 0.25) is 0 Å². The highest BCUT2D eigenvalue weighted by Gasteiger charge is 2.16. The van der Waals surface area contributed by atoms with E-state index < -0.39 is 11.9 Å². The van der Waals surface area contributed by atoms with Crippen LogP contribution in [0.1, 0.15) is 77.6 Å². The fourth-order valence-corrected chi connectivity index (χ4v) is 3.01. The van der Waals surface area contributed by atoms with E-state index in [-0.39, 0.29) is 10.8 Å². The summed E-state index contributed by atoms with van der Waals surface area (Å²) in [6.45, 7) is 18.0. The number of carboxylic acid groups (broad SMARTS) is 2. The average molecular weight is 505 g/mol. The summed E-state index contributed by atoms with van der Waals surface area (Å²) in [4.78, 5) is 18.0. The number of aromatic hydroxyl groups is 2. The van der Waals surface area contributed by atoms with Crippen LogP contribution < -0.4 is 10.6 Å². The minimum atomic E-state index is -0.833. The second-order valence-corrected chi connectivity index (χ2v) is 10.6. The molecular weight excluding hydrogens is 460 g/mol. The number of phenolic OH excluding ortho intramolecular Hbond substituents is 2. The van der Waals surface area contributed by atoms with Crippen LogP contribution in [-0.2, 0) is 33.5 Å². The molecule has 0 bridgehead atoms. The summed E-state index contributed by atoms with van der Waals surface area (Å²) in [5.41, 5.74) is 4.40. The van der Waals surface area contributed by atoms with E-state index >= 15 is 0 Å². The van der Waals surface area contributed by atoms with Crippen molar-refractivity contribution in [2.45, 2.75) is 79.3 Å². The second kappa shape index (κ2) is 15.1. The van der Waals surface area contributed by atoms with Gasteiger partial charge in [0.1, 0.15) is 11.5 Å². The normalized spacial score (nSPS) is 11.0. The topological polar surface area (TPSA) is 139 Å². The monoisotopic (exact) mass is 504 g/mol. The SMILES string of the molecule is CC(=O)O.CC(=O)O.CC(C)(C)c1ccc(O)c(CNCCNCc2cc(C(C)(C)C)ccc2O)c1. The molecule has 8 heteroatoms. The number of hydrogen-bond donors (Lipinski definition) is 6. The Morgan fingerprint density at radius 2 is 0.944 bits per heavy atom. The summed E-state index contributed by atoms with van der Waals surface area (Å²) >= 11 is 0. The number of phenols is 2. The average Bonchev–Trinajstić information content (AvgIpc) is 2.70. The van der Waals surface area contributed by atoms with Gasteiger partial charge in [0, 0.05) is 51.2 Å². The maximum atomic E-state index is 10.1. The van der Waals surface area contributed by atoms with Gasteiger partial charge in [-0.2, -0.15) is 0 Å². The molecule has 2 rings (SSSR count). The highest BCUT2D eigenvalue weighted by Crippen LogP contribution is 2.28. The molecule has 0 fully saturated rings. The first-order valence-corrected chi connectivity index (χ1v) is 11.9. The van der Waals surface area contributed by atoms with Crippen LogP contribution in [0.3, 0.4) is 0 Å². The molecule has 2 aromatic rings. The molecule has 0 amide bonds. The molecule has 0 aromatic heterocycles. The van der Waals surface area contributed by atoms with E-state index in [4.69, 9.17) is 19.8 Å². The number of nitrogens with one attached hydrogen (secondary N) is 2. The van der Waals surface area contributed by atoms with Gasteiger partial charge in [-0.25, -0.2) is 0 Å². The van der Waals surface area contributed by atoms with Crippen molar-refractivity contribution in [1.29, 1.82) is 0 Å². The quantitative estimate of drug-likeness (QED) is 0.297. The predicted molar refractivity (Wildman–Crippen MR) is 144 cm³/mol. The van der Waals surface area contributed by atoms with Gasteiger partial charge >= 0.3 is 0 Å². The number of hydrogen-bond acceptors (Lipinski definition) is 6. The van der Waals surface area contributed by atoms with Crippen LogP contribution >= 0.6 is 0 Å². The van der Waals surface area contributed by atoms with Crippen molar-refractivity contribution in [3.05, 3.63) is 58.7 Å². The molecule has 2 aromatic carbocycles. The summed E-state index contributed by atoms with van der Waals surface area (Å²) in [6, 6.07) is 11.7. The Hall–Kier alpha value is -3.10. The van der Waals surface area contributed by atoms with Crippen LogP contribution in [0.25, 0.3) is 0 Å². The highest BCUT2D eigenvalue weighted by atomic mass is 16.4. The van der Waals surface area contributed by atoms with Crippen LogP contribution in [-0.4, -0.2) is 45.5 Å². The van der Waals surface area contributed by atoms with Crippen molar-refractivity contribution in [3.8, 4) is 11.5 Å². The lowest BCUT2D eigenvalue weighted by Gasteiger charge is -2.21. The molecule has 0 aliphatic rings. The van der Waals surface area contributed by atoms with Gasteiger partial charge in [-0.05, 0) is 34.1 Å². The first-order valence-electron chi connectivity index (χ1n) is 11.9. The fraction of sp³-hybridized carbons (Fsp3) is 0.500. The molecule has 36 heavy (non-hydrogen) atoms. The number of aliphatic carboxylic acids is 2. The van der Waals surface area contributed by atoms with Gasteiger partial charge in [0.25, 0.3) is 11.9 Å². The van der Waals surface area contributed by atoms with E-state index in [1.165, 1.54) is 11.1 Å². The summed E-state index contributed by atoms with van der Waals surface area (Å²) in [5, 5.41) is 41.8. The van der Waals surface area contributed by atoms with Crippen LogP contribution in [0.15, 0.2) is 36.4 Å². The molecule has 8 nitrogen and oxygen atoms in total. The van der Waals surface area contributed by atoms with Gasteiger partial charge in [-0.1, -0.05) is 65.8 Å². The molecule has 0 aliphatic carbocycles. The van der Waals surface area contributed by atoms with Crippen LogP contribution in [0.4, 0.5) is 0 Å². The van der Waals surface area contributed by atoms with Crippen molar-refractivity contribution >= 4 is 11.9 Å². The number of carboxylic acids is 2. The van der Waals surface area contributed by atoms with Gasteiger partial charge in [-0.3, -0.25) is 9.59 Å². The molecule has 0 saturated carbocycles. The van der Waals surface area contributed by atoms with Gasteiger partial charge in [0.15, 0.2) is 0 Å². The van der Waals surface area contributed by atoms with E-state index in [0.717, 1.165) is 38.1 Å². The Morgan fingerprint density at radius 3 is 1.19 bits per heavy atom. The van der Waals surface area contributed by atoms with Crippen molar-refractivity contribution in [3.63, 3.8) is 0 Å². The van der Waals surface area contributed by atoms with Crippen molar-refractivity contribution in [2.75, 3.05) is 13.1 Å². The van der Waals surface area contributed by atoms with Crippen LogP contribution in [0, 0.1) is 0 Å². The van der Waals surface area contributed by atoms with E-state index in [0.29, 0.717) is 24.6 Å². The molecule has 202 valence electrons. The Balaban J connectivity index is 0.00000133. The van der Waals surface area contributed by atoms with E-state index in [1.807, 2.05) is 12.1 Å². The summed E-state index contributed by atoms with van der Waals surface area (Å²) in [6.07, 6.45) is 0. The molecule has 0 heterocycles. The molecule has 0 spiro atoms. The van der Waals surface area contributed by atoms with E-state index in [9.17, 15) is 10.2 Å². The van der Waals surface area contributed by atoms with Gasteiger partial charge < -0.3 is 31.1 Å². The van der Waals surface area contributed by atoms with Gasteiger partial charge in [-0.15, -0.1) is 0 Å². The van der Waals surface area contributed by atoms with Gasteiger partial charge in [0.05, 0.1) is 0 Å². The first kappa shape index (κ1) is 32.9. The lowest BCUT2D eigenvalue weighted by molar-refractivity contribution is -0.135. The standard InChI is InChI=1S/C24H36N2O2.2C2H4O2/c1-23(2,3)19-7-9-21(27)17(13-19)15-25-11-12-26-16-18-14-20(24(4,5)6)8-10-22(18)28;2*1-2(3)4/h7-10,13-14,25-28H,11-12,15-16H2,1-6H3;2*1H3,(H,3,4). The summed E-state index contributed by atoms with van der Waals surface area (Å²) in [5.74, 6) is -1.00. The number of benzene rings is 2. The number of rotatable bonds is 7. The number of carbonyl (C=O) groups is 2. The van der Waals surface area contributed by atoms with Crippen molar-refractivity contribution in [1.82, 2.24) is 10.6 Å². The molecule has 0 unspecified atom stereocenters. The predicted octanol–water partition coefficient (Wildman–Crippen LogP) is 4.75. The molecule has 0 aliphatic heterocycles. The molecule has 0 radical (unpaired) electrons. The smallest absolute Gasteiger partial charge is 0.300 e. The van der Waals surface area contributed by atoms with Crippen LogP contribution in [0.5, 0.6) is 11.5 Å². The van der Waals surface area contributed by atoms with Crippen LogP contribution in [0.2, 0.25) is 0 Å². The Labute approximate surface area is 215 Å². The Kier molecular flexibility index (Phi) is 13.8. The maximum Gasteiger partial charge on any atom is 0.300 e. The molecular formula is C28H44N2O6. The zero-order chi connectivity index (χ0) is 28.1. The van der Waals surface area contributed by atoms with E-state index in [2.05, 4.69) is 64.3 Å². The van der Waals surface area contributed by atoms with Crippen molar-refractivity contribution in [2.24, 2.45) is 0 Å². The third kappa shape index (κ3) is 14.3. The zero-order valence-electron chi connectivity index (χ0n) is 22.9. The highest BCUT2D eigenvalue weighted by molar-refractivity contribution is 5.63. The maximum absolute atomic E-state index is 10.1. The second-order valence-electron chi connectivity index (χ2n) is 10.6. The summed E-state index contributed by atoms with van der Waals surface area (Å²) < 4.78 is 0. The van der Waals surface area contributed by atoms with Crippen molar-refractivity contribution < 1.29 is 30.0 Å². The first-order chi connectivity index (χ1) is 16.4. The minimum absolute atomic E-state index is 0.0631. The molecule has 6 N–H and O–H groups in total. The Morgan fingerprint density at radius 1 is 0.667 bits per heavy atom. The lowest BCUT2D eigenvalue weighted by Crippen LogP contribution is -2.27. The lowest BCUT2D eigenvalue weighted by atomic mass is 9.86. The molecule has 0 atom stereocenters. The Bertz CT molecular complexity index is 887. The minimum Gasteiger partial charge on any atom is -0.508 e. The third-order valence-electron chi connectivity index (χ3n) is 5.00. The zero-order valence-corrected chi connectivity index (χ0v) is 22.9. The largest absolute Gasteiger partial charge is 0.508 e.